The number of hydrogen-bond acceptors (Lipinski definition) is 2. The van der Waals surface area contributed by atoms with Crippen LogP contribution in [0.1, 0.15) is 46.5 Å². The van der Waals surface area contributed by atoms with Crippen LogP contribution in [-0.2, 0) is 9.47 Å². The highest BCUT2D eigenvalue weighted by molar-refractivity contribution is 4.83. The van der Waals surface area contributed by atoms with Crippen molar-refractivity contribution in [3.63, 3.8) is 0 Å². The number of rotatable bonds is 6. The van der Waals surface area contributed by atoms with Crippen LogP contribution in [0.3, 0.4) is 0 Å². The molecule has 1 rings (SSSR count). The van der Waals surface area contributed by atoms with Crippen molar-refractivity contribution in [2.24, 2.45) is 5.92 Å². The smallest absolute Gasteiger partial charge is 0.0934 e. The fourth-order valence-electron chi connectivity index (χ4n) is 1.76. The van der Waals surface area contributed by atoms with Gasteiger partial charge in [0.2, 0.25) is 0 Å². The second-order valence-electron chi connectivity index (χ2n) is 4.49. The molecule has 0 radical (unpaired) electrons. The summed E-state index contributed by atoms with van der Waals surface area (Å²) >= 11 is 0. The molecule has 0 aromatic rings. The Morgan fingerprint density at radius 2 is 2.21 bits per heavy atom. The summed E-state index contributed by atoms with van der Waals surface area (Å²) in [5, 5.41) is 0. The molecule has 0 aromatic carbocycles. The highest BCUT2D eigenvalue weighted by Crippen LogP contribution is 2.27. The Morgan fingerprint density at radius 3 is 2.71 bits per heavy atom. The van der Waals surface area contributed by atoms with Crippen molar-refractivity contribution in [3.8, 4) is 0 Å². The van der Waals surface area contributed by atoms with E-state index in [-0.39, 0.29) is 5.60 Å². The van der Waals surface area contributed by atoms with E-state index < -0.39 is 0 Å². The van der Waals surface area contributed by atoms with E-state index in [9.17, 15) is 0 Å². The minimum atomic E-state index is 0.0491. The second-order valence-corrected chi connectivity index (χ2v) is 4.49. The average molecular weight is 200 g/mol. The fourth-order valence-corrected chi connectivity index (χ4v) is 1.76. The zero-order valence-corrected chi connectivity index (χ0v) is 9.84. The molecule has 2 unspecified atom stereocenters. The van der Waals surface area contributed by atoms with Crippen LogP contribution in [0.2, 0.25) is 0 Å². The van der Waals surface area contributed by atoms with Gasteiger partial charge in [-0.1, -0.05) is 27.2 Å². The van der Waals surface area contributed by atoms with Gasteiger partial charge in [0.05, 0.1) is 12.2 Å². The third-order valence-electron chi connectivity index (χ3n) is 3.43. The first-order valence-corrected chi connectivity index (χ1v) is 5.94. The Kier molecular flexibility index (Phi) is 4.90. The molecular weight excluding hydrogens is 176 g/mol. The lowest BCUT2D eigenvalue weighted by molar-refractivity contribution is -0.0557. The van der Waals surface area contributed by atoms with Crippen molar-refractivity contribution in [1.29, 1.82) is 0 Å². The van der Waals surface area contributed by atoms with Crippen LogP contribution in [-0.4, -0.2) is 25.4 Å². The highest BCUT2D eigenvalue weighted by atomic mass is 16.6. The molecule has 2 atom stereocenters. The van der Waals surface area contributed by atoms with Crippen LogP contribution < -0.4 is 0 Å². The molecule has 0 saturated carbocycles. The van der Waals surface area contributed by atoms with Crippen molar-refractivity contribution >= 4 is 0 Å². The minimum absolute atomic E-state index is 0.0491. The Labute approximate surface area is 88.0 Å². The first-order valence-electron chi connectivity index (χ1n) is 5.94. The molecule has 2 heteroatoms. The van der Waals surface area contributed by atoms with Gasteiger partial charge in [-0.05, 0) is 18.8 Å². The van der Waals surface area contributed by atoms with E-state index in [1.165, 1.54) is 12.8 Å². The topological polar surface area (TPSA) is 18.5 Å². The molecule has 1 fully saturated rings. The van der Waals surface area contributed by atoms with Gasteiger partial charge in [-0.3, -0.25) is 0 Å². The van der Waals surface area contributed by atoms with Crippen LogP contribution in [0.25, 0.3) is 0 Å². The largest absolute Gasteiger partial charge is 0.378 e. The zero-order chi connectivity index (χ0) is 10.4. The summed E-state index contributed by atoms with van der Waals surface area (Å²) in [6, 6.07) is 0. The Bertz CT molecular complexity index is 150. The highest BCUT2D eigenvalue weighted by Gasteiger charge is 2.33. The SMILES string of the molecule is CCC(C)CCOC1(CC)CCOC1. The molecule has 1 saturated heterocycles. The molecular formula is C12H24O2. The summed E-state index contributed by atoms with van der Waals surface area (Å²) in [6.45, 7) is 9.28. The molecule has 2 nitrogen and oxygen atoms in total. The molecule has 1 heterocycles. The van der Waals surface area contributed by atoms with E-state index in [0.717, 1.165) is 38.6 Å². The fraction of sp³-hybridized carbons (Fsp3) is 1.00. The minimum Gasteiger partial charge on any atom is -0.378 e. The van der Waals surface area contributed by atoms with Crippen molar-refractivity contribution in [1.82, 2.24) is 0 Å². The van der Waals surface area contributed by atoms with E-state index in [1.807, 2.05) is 0 Å². The van der Waals surface area contributed by atoms with Gasteiger partial charge in [-0.2, -0.15) is 0 Å². The van der Waals surface area contributed by atoms with Crippen molar-refractivity contribution in [3.05, 3.63) is 0 Å². The van der Waals surface area contributed by atoms with Gasteiger partial charge >= 0.3 is 0 Å². The Morgan fingerprint density at radius 1 is 1.43 bits per heavy atom. The molecule has 0 aromatic heterocycles. The lowest BCUT2D eigenvalue weighted by Gasteiger charge is -2.26. The van der Waals surface area contributed by atoms with Gasteiger partial charge in [0.15, 0.2) is 0 Å². The van der Waals surface area contributed by atoms with Crippen molar-refractivity contribution < 1.29 is 9.47 Å². The first kappa shape index (κ1) is 12.0. The molecule has 0 bridgehead atoms. The lowest BCUT2D eigenvalue weighted by Crippen LogP contribution is -2.32. The average Bonchev–Trinajstić information content (AvgIpc) is 2.67. The third kappa shape index (κ3) is 3.25. The van der Waals surface area contributed by atoms with Gasteiger partial charge in [-0.15, -0.1) is 0 Å². The maximum Gasteiger partial charge on any atom is 0.0934 e. The normalized spacial score (nSPS) is 29.4. The Balaban J connectivity index is 2.21. The van der Waals surface area contributed by atoms with Gasteiger partial charge in [-0.25, -0.2) is 0 Å². The quantitative estimate of drug-likeness (QED) is 0.656. The van der Waals surface area contributed by atoms with Gasteiger partial charge < -0.3 is 9.47 Å². The molecule has 0 amide bonds. The summed E-state index contributed by atoms with van der Waals surface area (Å²) in [7, 11) is 0. The number of hydrogen-bond donors (Lipinski definition) is 0. The molecule has 84 valence electrons. The second kappa shape index (κ2) is 5.72. The standard InChI is InChI=1S/C12H24O2/c1-4-11(3)6-8-14-12(5-2)7-9-13-10-12/h11H,4-10H2,1-3H3. The third-order valence-corrected chi connectivity index (χ3v) is 3.43. The molecule has 0 aliphatic carbocycles. The summed E-state index contributed by atoms with van der Waals surface area (Å²) in [4.78, 5) is 0. The molecule has 1 aliphatic heterocycles. The zero-order valence-electron chi connectivity index (χ0n) is 9.84. The van der Waals surface area contributed by atoms with E-state index >= 15 is 0 Å². The van der Waals surface area contributed by atoms with Gasteiger partial charge in [0.25, 0.3) is 0 Å². The van der Waals surface area contributed by atoms with Crippen molar-refractivity contribution in [2.75, 3.05) is 19.8 Å². The predicted molar refractivity (Wildman–Crippen MR) is 58.5 cm³/mol. The van der Waals surface area contributed by atoms with Crippen LogP contribution in [0.15, 0.2) is 0 Å². The number of ether oxygens (including phenoxy) is 2. The summed E-state index contributed by atoms with van der Waals surface area (Å²) in [5.74, 6) is 0.784. The van der Waals surface area contributed by atoms with E-state index in [4.69, 9.17) is 9.47 Å². The predicted octanol–water partition coefficient (Wildman–Crippen LogP) is 3.01. The molecule has 14 heavy (non-hydrogen) atoms. The maximum absolute atomic E-state index is 5.99. The summed E-state index contributed by atoms with van der Waals surface area (Å²) < 4.78 is 11.4. The van der Waals surface area contributed by atoms with Crippen molar-refractivity contribution in [2.45, 2.75) is 52.1 Å². The molecule has 0 N–H and O–H groups in total. The molecule has 0 spiro atoms. The monoisotopic (exact) mass is 200 g/mol. The maximum atomic E-state index is 5.99. The van der Waals surface area contributed by atoms with Gasteiger partial charge in [0.1, 0.15) is 0 Å². The van der Waals surface area contributed by atoms with Crippen LogP contribution >= 0.6 is 0 Å². The summed E-state index contributed by atoms with van der Waals surface area (Å²) in [6.07, 6.45) is 4.58. The Hall–Kier alpha value is -0.0800. The van der Waals surface area contributed by atoms with Crippen LogP contribution in [0.4, 0.5) is 0 Å². The lowest BCUT2D eigenvalue weighted by atomic mass is 9.99. The molecule has 1 aliphatic rings. The van der Waals surface area contributed by atoms with E-state index in [1.54, 1.807) is 0 Å². The van der Waals surface area contributed by atoms with Gasteiger partial charge in [0, 0.05) is 19.6 Å². The van der Waals surface area contributed by atoms with Crippen LogP contribution in [0, 0.1) is 5.92 Å². The van der Waals surface area contributed by atoms with E-state index in [0.29, 0.717) is 0 Å². The van der Waals surface area contributed by atoms with Crippen LogP contribution in [0.5, 0.6) is 0 Å². The summed E-state index contributed by atoms with van der Waals surface area (Å²) in [5.41, 5.74) is 0.0491. The first-order chi connectivity index (χ1) is 6.72. The van der Waals surface area contributed by atoms with E-state index in [2.05, 4.69) is 20.8 Å².